The molecule has 0 aliphatic carbocycles. The second-order valence-corrected chi connectivity index (χ2v) is 6.39. The zero-order valence-corrected chi connectivity index (χ0v) is 13.7. The highest BCUT2D eigenvalue weighted by Gasteiger charge is 2.29. The van der Waals surface area contributed by atoms with E-state index >= 15 is 0 Å². The number of hydrogen-bond acceptors (Lipinski definition) is 3. The second kappa shape index (κ2) is 6.20. The smallest absolute Gasteiger partial charge is 0.299 e. The first-order valence-corrected chi connectivity index (χ1v) is 7.82. The number of aryl methyl sites for hydroxylation is 1. The van der Waals surface area contributed by atoms with Crippen molar-refractivity contribution in [1.29, 1.82) is 0 Å². The molecule has 1 unspecified atom stereocenters. The molecule has 1 N–H and O–H groups in total. The van der Waals surface area contributed by atoms with Gasteiger partial charge in [0, 0.05) is 13.6 Å². The molecule has 2 rings (SSSR count). The number of rotatable bonds is 5. The summed E-state index contributed by atoms with van der Waals surface area (Å²) in [7, 11) is 2.97. The molecule has 0 saturated heterocycles. The van der Waals surface area contributed by atoms with Crippen LogP contribution in [0.4, 0.5) is 8.78 Å². The molecule has 0 aromatic carbocycles. The van der Waals surface area contributed by atoms with Crippen molar-refractivity contribution in [3.63, 3.8) is 0 Å². The van der Waals surface area contributed by atoms with Crippen LogP contribution >= 0.6 is 20.6 Å². The van der Waals surface area contributed by atoms with Crippen molar-refractivity contribution in [3.05, 3.63) is 28.8 Å². The number of thiophene rings is 1. The van der Waals surface area contributed by atoms with E-state index in [2.05, 4.69) is 10.4 Å². The molecular formula is C13H16F2N3OPS. The van der Waals surface area contributed by atoms with Crippen LogP contribution in [0.2, 0.25) is 0 Å². The van der Waals surface area contributed by atoms with Gasteiger partial charge in [0.15, 0.2) is 0 Å². The Morgan fingerprint density at radius 2 is 2.24 bits per heavy atom. The Kier molecular flexibility index (Phi) is 4.74. The molecule has 2 aromatic heterocycles. The molecule has 0 fully saturated rings. The molecule has 114 valence electrons. The molecule has 0 aliphatic heterocycles. The number of aromatic nitrogens is 2. The molecular weight excluding hydrogens is 315 g/mol. The average molecular weight is 331 g/mol. The van der Waals surface area contributed by atoms with E-state index in [1.54, 1.807) is 12.1 Å². The fraction of sp³-hybridized carbons (Fsp3) is 0.385. The summed E-state index contributed by atoms with van der Waals surface area (Å²) in [5.41, 5.74) is -2.78. The highest BCUT2D eigenvalue weighted by atomic mass is 32.1. The van der Waals surface area contributed by atoms with Gasteiger partial charge in [-0.3, -0.25) is 9.48 Å². The van der Waals surface area contributed by atoms with Gasteiger partial charge in [-0.05, 0) is 24.6 Å². The Bertz CT molecular complexity index is 648. The molecule has 2 aromatic rings. The lowest BCUT2D eigenvalue weighted by molar-refractivity contribution is 0.0936. The second-order valence-electron chi connectivity index (χ2n) is 4.58. The van der Waals surface area contributed by atoms with Gasteiger partial charge in [-0.25, -0.2) is 0 Å². The van der Waals surface area contributed by atoms with Gasteiger partial charge < -0.3 is 5.32 Å². The third kappa shape index (κ3) is 3.66. The minimum atomic E-state index is -3.03. The summed E-state index contributed by atoms with van der Waals surface area (Å²) >= 11 is 1.24. The van der Waals surface area contributed by atoms with Gasteiger partial charge in [0.05, 0.1) is 9.75 Å². The minimum absolute atomic E-state index is 0.152. The van der Waals surface area contributed by atoms with Gasteiger partial charge in [0.2, 0.25) is 0 Å². The number of carbonyl (C=O) groups is 1. The molecule has 1 amide bonds. The molecule has 0 aliphatic rings. The Morgan fingerprint density at radius 1 is 1.52 bits per heavy atom. The average Bonchev–Trinajstić information content (AvgIpc) is 3.01. The number of carbonyl (C=O) groups excluding carboxylic acids is 1. The van der Waals surface area contributed by atoms with Crippen molar-refractivity contribution >= 4 is 26.5 Å². The van der Waals surface area contributed by atoms with Gasteiger partial charge in [-0.1, -0.05) is 16.2 Å². The van der Waals surface area contributed by atoms with E-state index in [0.29, 0.717) is 22.0 Å². The number of alkyl halides is 2. The maximum absolute atomic E-state index is 13.4. The Labute approximate surface area is 127 Å². The molecule has 0 saturated carbocycles. The number of amides is 1. The van der Waals surface area contributed by atoms with Crippen molar-refractivity contribution in [1.82, 2.24) is 15.1 Å². The maximum Gasteiger partial charge on any atom is 0.299 e. The first kappa shape index (κ1) is 16.0. The topological polar surface area (TPSA) is 46.9 Å². The molecule has 0 radical (unpaired) electrons. The molecule has 21 heavy (non-hydrogen) atoms. The summed E-state index contributed by atoms with van der Waals surface area (Å²) in [6, 6.07) is 4.74. The summed E-state index contributed by atoms with van der Waals surface area (Å²) in [6.07, 6.45) is 0.858. The quantitative estimate of drug-likeness (QED) is 0.855. The van der Waals surface area contributed by atoms with Crippen LogP contribution < -0.4 is 5.32 Å². The van der Waals surface area contributed by atoms with Gasteiger partial charge in [-0.2, -0.15) is 13.9 Å². The Balaban J connectivity index is 2.24. The van der Waals surface area contributed by atoms with Crippen molar-refractivity contribution in [2.24, 2.45) is 7.05 Å². The van der Waals surface area contributed by atoms with Crippen LogP contribution in [0.15, 0.2) is 18.2 Å². The number of nitrogens with zero attached hydrogens (tertiary/aromatic N) is 2. The van der Waals surface area contributed by atoms with Crippen molar-refractivity contribution in [2.75, 3.05) is 6.54 Å². The molecule has 8 heteroatoms. The van der Waals surface area contributed by atoms with E-state index in [0.717, 1.165) is 11.1 Å². The summed E-state index contributed by atoms with van der Waals surface area (Å²) in [4.78, 5) is 13.1. The maximum atomic E-state index is 13.4. The van der Waals surface area contributed by atoms with Crippen LogP contribution in [0.25, 0.3) is 10.6 Å². The van der Waals surface area contributed by atoms with E-state index in [9.17, 15) is 13.6 Å². The fourth-order valence-corrected chi connectivity index (χ4v) is 2.97. The van der Waals surface area contributed by atoms with E-state index < -0.39 is 5.66 Å². The predicted molar refractivity (Wildman–Crippen MR) is 82.7 cm³/mol. The van der Waals surface area contributed by atoms with E-state index in [4.69, 9.17) is 0 Å². The third-order valence-electron chi connectivity index (χ3n) is 2.84. The van der Waals surface area contributed by atoms with Gasteiger partial charge in [-0.15, -0.1) is 11.3 Å². The van der Waals surface area contributed by atoms with Crippen molar-refractivity contribution < 1.29 is 13.6 Å². The molecule has 2 heterocycles. The number of hydrogen-bond donors (Lipinski definition) is 1. The van der Waals surface area contributed by atoms with Crippen LogP contribution in [-0.4, -0.2) is 22.2 Å². The van der Waals surface area contributed by atoms with Crippen molar-refractivity contribution in [3.8, 4) is 10.6 Å². The van der Waals surface area contributed by atoms with Crippen LogP contribution in [0, 0.1) is 0 Å². The van der Waals surface area contributed by atoms with Crippen LogP contribution in [0.3, 0.4) is 0 Å². The van der Waals surface area contributed by atoms with E-state index in [1.807, 2.05) is 6.92 Å². The Hall–Kier alpha value is -1.33. The summed E-state index contributed by atoms with van der Waals surface area (Å²) in [6.45, 7) is 2.58. The summed E-state index contributed by atoms with van der Waals surface area (Å²) in [5.74, 6) is -0.152. The SMILES string of the molecule is CCCNC(=O)c1ccc(-c2cc(C(F)(F)P)n(C)n2)s1. The summed E-state index contributed by atoms with van der Waals surface area (Å²) < 4.78 is 27.9. The Morgan fingerprint density at radius 3 is 2.81 bits per heavy atom. The highest BCUT2D eigenvalue weighted by molar-refractivity contribution is 7.18. The van der Waals surface area contributed by atoms with Gasteiger partial charge in [0.1, 0.15) is 11.4 Å². The lowest BCUT2D eigenvalue weighted by atomic mass is 10.3. The van der Waals surface area contributed by atoms with Crippen molar-refractivity contribution in [2.45, 2.75) is 19.0 Å². The molecule has 0 spiro atoms. The zero-order chi connectivity index (χ0) is 15.6. The summed E-state index contributed by atoms with van der Waals surface area (Å²) in [5, 5.41) is 6.86. The van der Waals surface area contributed by atoms with Gasteiger partial charge in [0.25, 0.3) is 11.6 Å². The third-order valence-corrected chi connectivity index (χ3v) is 4.24. The fourth-order valence-electron chi connectivity index (χ4n) is 1.82. The lowest BCUT2D eigenvalue weighted by Gasteiger charge is -2.08. The normalized spacial score (nSPS) is 11.7. The lowest BCUT2D eigenvalue weighted by Crippen LogP contribution is -2.22. The van der Waals surface area contributed by atoms with E-state index in [1.165, 1.54) is 33.7 Å². The standard InChI is InChI=1S/C13H16F2N3OPS/c1-3-6-16-12(19)10-5-4-9(21-10)8-7-11(13(14,15)20)18(2)17-8/h4-5,7H,3,6,20H2,1-2H3,(H,16,19). The monoisotopic (exact) mass is 331 g/mol. The zero-order valence-electron chi connectivity index (χ0n) is 11.7. The van der Waals surface area contributed by atoms with Crippen LogP contribution in [-0.2, 0) is 12.7 Å². The first-order chi connectivity index (χ1) is 9.82. The van der Waals surface area contributed by atoms with Gasteiger partial charge >= 0.3 is 0 Å². The predicted octanol–water partition coefficient (Wildman–Crippen LogP) is 3.21. The molecule has 0 bridgehead atoms. The minimum Gasteiger partial charge on any atom is -0.351 e. The largest absolute Gasteiger partial charge is 0.351 e. The van der Waals surface area contributed by atoms with Crippen LogP contribution in [0.5, 0.6) is 0 Å². The van der Waals surface area contributed by atoms with E-state index in [-0.39, 0.29) is 11.6 Å². The number of halogens is 2. The molecule has 1 atom stereocenters. The van der Waals surface area contributed by atoms with Crippen LogP contribution in [0.1, 0.15) is 28.7 Å². The molecule has 4 nitrogen and oxygen atoms in total. The highest BCUT2D eigenvalue weighted by Crippen LogP contribution is 2.37. The number of nitrogens with one attached hydrogen (secondary N) is 1. The first-order valence-electron chi connectivity index (χ1n) is 6.42.